The number of para-hydroxylation sites is 1. The molecule has 1 aromatic rings. The maximum atomic E-state index is 6.13. The van der Waals surface area contributed by atoms with Gasteiger partial charge < -0.3 is 25.0 Å². The van der Waals surface area contributed by atoms with Gasteiger partial charge in [0.2, 0.25) is 0 Å². The van der Waals surface area contributed by atoms with Gasteiger partial charge in [0, 0.05) is 51.9 Å². The molecule has 1 saturated heterocycles. The minimum absolute atomic E-state index is 0.395. The third-order valence-corrected chi connectivity index (χ3v) is 5.53. The molecule has 0 atom stereocenters. The number of nitrogens with zero attached hydrogens (tertiary/aromatic N) is 2. The van der Waals surface area contributed by atoms with Crippen LogP contribution >= 0.6 is 0 Å². The number of nitrogens with one attached hydrogen (secondary N) is 2. The Balaban J connectivity index is 1.44. The molecule has 2 fully saturated rings. The van der Waals surface area contributed by atoms with Crippen LogP contribution in [0.5, 0.6) is 5.75 Å². The smallest absolute Gasteiger partial charge is 0.191 e. The van der Waals surface area contributed by atoms with Crippen LogP contribution in [0.4, 0.5) is 0 Å². The van der Waals surface area contributed by atoms with Crippen molar-refractivity contribution >= 4 is 5.96 Å². The van der Waals surface area contributed by atoms with E-state index in [-0.39, 0.29) is 0 Å². The summed E-state index contributed by atoms with van der Waals surface area (Å²) in [4.78, 5) is 6.87. The second-order valence-corrected chi connectivity index (χ2v) is 7.46. The first-order chi connectivity index (χ1) is 13.3. The first-order valence-electron chi connectivity index (χ1n) is 10.2. The molecule has 1 aliphatic carbocycles. The molecule has 27 heavy (non-hydrogen) atoms. The minimum atomic E-state index is 0.395. The summed E-state index contributed by atoms with van der Waals surface area (Å²) in [6.07, 6.45) is 6.29. The van der Waals surface area contributed by atoms with Crippen molar-refractivity contribution in [2.24, 2.45) is 4.99 Å². The van der Waals surface area contributed by atoms with Crippen LogP contribution in [-0.4, -0.2) is 63.4 Å². The summed E-state index contributed by atoms with van der Waals surface area (Å²) in [5.41, 5.74) is 1.18. The summed E-state index contributed by atoms with van der Waals surface area (Å²) in [6.45, 7) is 4.76. The lowest BCUT2D eigenvalue weighted by atomic mass is 9.96. The molecule has 2 N–H and O–H groups in total. The predicted molar refractivity (Wildman–Crippen MR) is 109 cm³/mol. The van der Waals surface area contributed by atoms with Gasteiger partial charge in [-0.25, -0.2) is 0 Å². The highest BCUT2D eigenvalue weighted by Gasteiger charge is 2.21. The molecule has 0 radical (unpaired) electrons. The van der Waals surface area contributed by atoms with E-state index in [1.54, 1.807) is 7.11 Å². The topological polar surface area (TPSA) is 58.1 Å². The van der Waals surface area contributed by atoms with Gasteiger partial charge in [0.1, 0.15) is 5.75 Å². The zero-order valence-electron chi connectivity index (χ0n) is 16.7. The Labute approximate surface area is 163 Å². The lowest BCUT2D eigenvalue weighted by Gasteiger charge is -2.33. The van der Waals surface area contributed by atoms with Gasteiger partial charge in [-0.15, -0.1) is 0 Å². The van der Waals surface area contributed by atoms with Gasteiger partial charge in [-0.3, -0.25) is 4.99 Å². The van der Waals surface area contributed by atoms with Gasteiger partial charge >= 0.3 is 0 Å². The van der Waals surface area contributed by atoms with Crippen molar-refractivity contribution in [2.45, 2.75) is 50.8 Å². The van der Waals surface area contributed by atoms with Crippen molar-refractivity contribution in [2.75, 3.05) is 40.4 Å². The Kier molecular flexibility index (Phi) is 7.78. The van der Waals surface area contributed by atoms with Crippen molar-refractivity contribution in [3.63, 3.8) is 0 Å². The SMILES string of the molecule is CN=C(NCc1ccccc1OC1CCC1)NC1CCN(CCOC)CC1. The fraction of sp³-hybridized carbons (Fsp3) is 0.667. The molecule has 0 unspecified atom stereocenters. The molecule has 0 aromatic heterocycles. The van der Waals surface area contributed by atoms with Crippen LogP contribution in [0.25, 0.3) is 0 Å². The van der Waals surface area contributed by atoms with E-state index < -0.39 is 0 Å². The van der Waals surface area contributed by atoms with Crippen LogP contribution in [0, 0.1) is 0 Å². The number of ether oxygens (including phenoxy) is 2. The third kappa shape index (κ3) is 6.11. The maximum absolute atomic E-state index is 6.13. The lowest BCUT2D eigenvalue weighted by Crippen LogP contribution is -2.48. The van der Waals surface area contributed by atoms with E-state index in [0.717, 1.165) is 57.3 Å². The number of guanidine groups is 1. The molecule has 0 bridgehead atoms. The van der Waals surface area contributed by atoms with E-state index in [2.05, 4.69) is 38.7 Å². The van der Waals surface area contributed by atoms with Crippen LogP contribution in [0.2, 0.25) is 0 Å². The standard InChI is InChI=1S/C21H34N4O2/c1-22-21(24-18-10-12-25(13-11-18)14-15-26-2)23-16-17-6-3-4-9-20(17)27-19-7-5-8-19/h3-4,6,9,18-19H,5,7-8,10-16H2,1-2H3,(H2,22,23,24). The number of likely N-dealkylation sites (tertiary alicyclic amines) is 1. The Morgan fingerprint density at radius 1 is 1.19 bits per heavy atom. The van der Waals surface area contributed by atoms with Gasteiger partial charge in [0.25, 0.3) is 0 Å². The predicted octanol–water partition coefficient (Wildman–Crippen LogP) is 2.39. The number of aliphatic imine (C=N–C) groups is 1. The van der Waals surface area contributed by atoms with E-state index in [4.69, 9.17) is 9.47 Å². The average molecular weight is 375 g/mol. The van der Waals surface area contributed by atoms with Gasteiger partial charge in [0.15, 0.2) is 5.96 Å². The van der Waals surface area contributed by atoms with Crippen molar-refractivity contribution < 1.29 is 9.47 Å². The highest BCUT2D eigenvalue weighted by molar-refractivity contribution is 5.80. The van der Waals surface area contributed by atoms with E-state index in [0.29, 0.717) is 12.1 Å². The molecule has 1 saturated carbocycles. The average Bonchev–Trinajstić information content (AvgIpc) is 2.68. The number of piperidine rings is 1. The van der Waals surface area contributed by atoms with Gasteiger partial charge in [-0.2, -0.15) is 0 Å². The normalized spacial score (nSPS) is 19.6. The van der Waals surface area contributed by atoms with Crippen LogP contribution in [0.1, 0.15) is 37.7 Å². The Morgan fingerprint density at radius 3 is 2.63 bits per heavy atom. The van der Waals surface area contributed by atoms with Crippen molar-refractivity contribution in [1.29, 1.82) is 0 Å². The highest BCUT2D eigenvalue weighted by Crippen LogP contribution is 2.27. The Hall–Kier alpha value is -1.79. The van der Waals surface area contributed by atoms with Crippen molar-refractivity contribution in [3.8, 4) is 5.75 Å². The molecule has 2 aliphatic rings. The zero-order chi connectivity index (χ0) is 18.9. The molecule has 0 spiro atoms. The van der Waals surface area contributed by atoms with Gasteiger partial charge in [-0.1, -0.05) is 18.2 Å². The van der Waals surface area contributed by atoms with Crippen LogP contribution in [0.3, 0.4) is 0 Å². The quantitative estimate of drug-likeness (QED) is 0.541. The van der Waals surface area contributed by atoms with E-state index >= 15 is 0 Å². The Bertz CT molecular complexity index is 596. The molecule has 0 amide bonds. The number of hydrogen-bond donors (Lipinski definition) is 2. The van der Waals surface area contributed by atoms with Gasteiger partial charge in [0.05, 0.1) is 12.7 Å². The monoisotopic (exact) mass is 374 g/mol. The van der Waals surface area contributed by atoms with Crippen LogP contribution in [0.15, 0.2) is 29.3 Å². The number of rotatable bonds is 8. The van der Waals surface area contributed by atoms with Gasteiger partial charge in [-0.05, 0) is 38.2 Å². The molecule has 6 heteroatoms. The Morgan fingerprint density at radius 2 is 1.96 bits per heavy atom. The fourth-order valence-corrected chi connectivity index (χ4v) is 3.52. The second-order valence-electron chi connectivity index (χ2n) is 7.46. The third-order valence-electron chi connectivity index (χ3n) is 5.53. The van der Waals surface area contributed by atoms with E-state index in [1.807, 2.05) is 13.1 Å². The van der Waals surface area contributed by atoms with E-state index in [9.17, 15) is 0 Å². The first-order valence-corrected chi connectivity index (χ1v) is 10.2. The van der Waals surface area contributed by atoms with Crippen LogP contribution < -0.4 is 15.4 Å². The molecule has 1 aliphatic heterocycles. The number of benzene rings is 1. The zero-order valence-corrected chi connectivity index (χ0v) is 16.7. The molecule has 1 aromatic carbocycles. The van der Waals surface area contributed by atoms with E-state index in [1.165, 1.54) is 24.8 Å². The minimum Gasteiger partial charge on any atom is -0.490 e. The molecule has 150 valence electrons. The molecular formula is C21H34N4O2. The fourth-order valence-electron chi connectivity index (χ4n) is 3.52. The first kappa shape index (κ1) is 20.0. The number of hydrogen-bond acceptors (Lipinski definition) is 4. The molecular weight excluding hydrogens is 340 g/mol. The number of methoxy groups -OCH3 is 1. The molecule has 1 heterocycles. The van der Waals surface area contributed by atoms with Crippen molar-refractivity contribution in [1.82, 2.24) is 15.5 Å². The molecule has 6 nitrogen and oxygen atoms in total. The summed E-state index contributed by atoms with van der Waals surface area (Å²) in [5, 5.41) is 7.03. The maximum Gasteiger partial charge on any atom is 0.191 e. The summed E-state index contributed by atoms with van der Waals surface area (Å²) < 4.78 is 11.3. The van der Waals surface area contributed by atoms with Crippen molar-refractivity contribution in [3.05, 3.63) is 29.8 Å². The highest BCUT2D eigenvalue weighted by atomic mass is 16.5. The summed E-state index contributed by atoms with van der Waals surface area (Å²) in [7, 11) is 3.60. The second kappa shape index (κ2) is 10.5. The van der Waals surface area contributed by atoms with Crippen LogP contribution in [-0.2, 0) is 11.3 Å². The summed E-state index contributed by atoms with van der Waals surface area (Å²) in [5.74, 6) is 1.86. The summed E-state index contributed by atoms with van der Waals surface area (Å²) in [6, 6.07) is 8.78. The summed E-state index contributed by atoms with van der Waals surface area (Å²) >= 11 is 0. The largest absolute Gasteiger partial charge is 0.490 e. The lowest BCUT2D eigenvalue weighted by molar-refractivity contribution is 0.119. The molecule has 3 rings (SSSR count).